The van der Waals surface area contributed by atoms with Crippen LogP contribution in [0.4, 0.5) is 5.69 Å². The Labute approximate surface area is 166 Å². The van der Waals surface area contributed by atoms with Gasteiger partial charge in [-0.2, -0.15) is 0 Å². The molecule has 0 aliphatic carbocycles. The van der Waals surface area contributed by atoms with Gasteiger partial charge in [0, 0.05) is 23.3 Å². The molecule has 0 bridgehead atoms. The summed E-state index contributed by atoms with van der Waals surface area (Å²) in [5.74, 6) is 0.455. The molecule has 0 unspecified atom stereocenters. The molecule has 0 aliphatic heterocycles. The maximum Gasteiger partial charge on any atom is 0.311 e. The van der Waals surface area contributed by atoms with E-state index in [0.29, 0.717) is 11.3 Å². The third-order valence-corrected chi connectivity index (χ3v) is 4.19. The molecule has 2 aromatic carbocycles. The van der Waals surface area contributed by atoms with Gasteiger partial charge < -0.3 is 13.9 Å². The number of aryl methyl sites for hydroxylation is 1. The fourth-order valence-electron chi connectivity index (χ4n) is 2.73. The first-order valence-corrected chi connectivity index (χ1v) is 8.78. The Bertz CT molecular complexity index is 1030. The number of carbonyl (C=O) groups is 1. The number of hydrogen-bond acceptors (Lipinski definition) is 8. The van der Waals surface area contributed by atoms with Crippen LogP contribution in [0.15, 0.2) is 46.9 Å². The van der Waals surface area contributed by atoms with Crippen molar-refractivity contribution in [3.8, 4) is 17.2 Å². The van der Waals surface area contributed by atoms with Crippen molar-refractivity contribution in [1.82, 2.24) is 10.2 Å². The standard InChI is InChI=1S/C20H19N3O6/c1-12-4-9-17(27-3)15(10-12)11-18(24)28-13(2)19-21-22-20(29-19)14-5-7-16(8-6-14)23(25)26/h4-10,13H,11H2,1-3H3/t13-/m0/s1. The summed E-state index contributed by atoms with van der Waals surface area (Å²) in [5.41, 5.74) is 2.22. The minimum absolute atomic E-state index is 0.0395. The smallest absolute Gasteiger partial charge is 0.311 e. The number of ether oxygens (including phenoxy) is 2. The van der Waals surface area contributed by atoms with Gasteiger partial charge in [0.05, 0.1) is 18.5 Å². The molecule has 0 saturated carbocycles. The molecule has 0 spiro atoms. The number of methoxy groups -OCH3 is 1. The molecule has 0 aliphatic rings. The summed E-state index contributed by atoms with van der Waals surface area (Å²) in [6.07, 6.45) is -0.712. The summed E-state index contributed by atoms with van der Waals surface area (Å²) in [4.78, 5) is 22.6. The van der Waals surface area contributed by atoms with Crippen molar-refractivity contribution >= 4 is 11.7 Å². The van der Waals surface area contributed by atoms with Crippen LogP contribution in [0, 0.1) is 17.0 Å². The molecule has 3 rings (SSSR count). The average molecular weight is 397 g/mol. The minimum Gasteiger partial charge on any atom is -0.496 e. The van der Waals surface area contributed by atoms with E-state index in [9.17, 15) is 14.9 Å². The zero-order chi connectivity index (χ0) is 21.0. The highest BCUT2D eigenvalue weighted by Gasteiger charge is 2.20. The van der Waals surface area contributed by atoms with Gasteiger partial charge in [-0.25, -0.2) is 0 Å². The second-order valence-corrected chi connectivity index (χ2v) is 6.37. The summed E-state index contributed by atoms with van der Waals surface area (Å²) in [5, 5.41) is 18.6. The lowest BCUT2D eigenvalue weighted by Crippen LogP contribution is -2.12. The first-order valence-electron chi connectivity index (χ1n) is 8.78. The number of esters is 1. The van der Waals surface area contributed by atoms with E-state index in [1.165, 1.54) is 24.3 Å². The number of non-ortho nitro benzene ring substituents is 1. The van der Waals surface area contributed by atoms with Gasteiger partial charge in [0.2, 0.25) is 5.89 Å². The summed E-state index contributed by atoms with van der Waals surface area (Å²) in [7, 11) is 1.54. The molecule has 1 heterocycles. The predicted octanol–water partition coefficient (Wildman–Crippen LogP) is 3.81. The van der Waals surface area contributed by atoms with Gasteiger partial charge in [0.25, 0.3) is 11.6 Å². The van der Waals surface area contributed by atoms with Crippen molar-refractivity contribution in [2.45, 2.75) is 26.4 Å². The molecule has 0 radical (unpaired) electrons. The van der Waals surface area contributed by atoms with E-state index >= 15 is 0 Å². The molecule has 9 heteroatoms. The van der Waals surface area contributed by atoms with Crippen LogP contribution < -0.4 is 4.74 Å². The van der Waals surface area contributed by atoms with Gasteiger partial charge in [-0.1, -0.05) is 17.7 Å². The van der Waals surface area contributed by atoms with Crippen LogP contribution in [-0.4, -0.2) is 28.2 Å². The maximum atomic E-state index is 12.3. The monoisotopic (exact) mass is 397 g/mol. The SMILES string of the molecule is COc1ccc(C)cc1CC(=O)O[C@@H](C)c1nnc(-c2ccc([N+](=O)[O-])cc2)o1. The molecule has 1 aromatic heterocycles. The zero-order valence-electron chi connectivity index (χ0n) is 16.1. The Morgan fingerprint density at radius 1 is 1.21 bits per heavy atom. The molecule has 29 heavy (non-hydrogen) atoms. The Morgan fingerprint density at radius 3 is 2.59 bits per heavy atom. The minimum atomic E-state index is -0.752. The van der Waals surface area contributed by atoms with Crippen molar-refractivity contribution in [2.24, 2.45) is 0 Å². The van der Waals surface area contributed by atoms with E-state index in [1.54, 1.807) is 20.1 Å². The predicted molar refractivity (Wildman–Crippen MR) is 102 cm³/mol. The number of nitro groups is 1. The largest absolute Gasteiger partial charge is 0.496 e. The Morgan fingerprint density at radius 2 is 1.93 bits per heavy atom. The molecule has 0 amide bonds. The maximum absolute atomic E-state index is 12.3. The Kier molecular flexibility index (Phi) is 5.87. The Hall–Kier alpha value is -3.75. The quantitative estimate of drug-likeness (QED) is 0.335. The normalized spacial score (nSPS) is 11.7. The molecule has 150 valence electrons. The van der Waals surface area contributed by atoms with Crippen molar-refractivity contribution in [3.63, 3.8) is 0 Å². The van der Waals surface area contributed by atoms with Gasteiger partial charge in [0.15, 0.2) is 6.10 Å². The summed E-state index contributed by atoms with van der Waals surface area (Å²) in [6.45, 7) is 3.55. The molecule has 0 saturated heterocycles. The Balaban J connectivity index is 1.67. The lowest BCUT2D eigenvalue weighted by Gasteiger charge is -2.12. The van der Waals surface area contributed by atoms with Crippen LogP contribution in [0.25, 0.3) is 11.5 Å². The highest BCUT2D eigenvalue weighted by atomic mass is 16.6. The van der Waals surface area contributed by atoms with Crippen molar-refractivity contribution in [2.75, 3.05) is 7.11 Å². The van der Waals surface area contributed by atoms with Crippen LogP contribution in [0.1, 0.15) is 30.0 Å². The lowest BCUT2D eigenvalue weighted by molar-refractivity contribution is -0.384. The van der Waals surface area contributed by atoms with Crippen molar-refractivity contribution in [1.29, 1.82) is 0 Å². The van der Waals surface area contributed by atoms with Crippen LogP contribution in [-0.2, 0) is 16.0 Å². The first-order chi connectivity index (χ1) is 13.9. The molecule has 0 N–H and O–H groups in total. The average Bonchev–Trinajstić information content (AvgIpc) is 3.18. The van der Waals surface area contributed by atoms with Crippen molar-refractivity contribution < 1.29 is 23.6 Å². The van der Waals surface area contributed by atoms with Gasteiger partial charge >= 0.3 is 5.97 Å². The van der Waals surface area contributed by atoms with Gasteiger partial charge in [-0.3, -0.25) is 14.9 Å². The fraction of sp³-hybridized carbons (Fsp3) is 0.250. The van der Waals surface area contributed by atoms with Gasteiger partial charge in [-0.05, 0) is 32.0 Å². The summed E-state index contributed by atoms with van der Waals surface area (Å²) >= 11 is 0. The van der Waals surface area contributed by atoms with E-state index < -0.39 is 17.0 Å². The number of benzene rings is 2. The van der Waals surface area contributed by atoms with Crippen LogP contribution in [0.3, 0.4) is 0 Å². The van der Waals surface area contributed by atoms with E-state index in [-0.39, 0.29) is 23.9 Å². The number of hydrogen-bond donors (Lipinski definition) is 0. The topological polar surface area (TPSA) is 118 Å². The number of carbonyl (C=O) groups excluding carboxylic acids is 1. The number of rotatable bonds is 7. The second-order valence-electron chi connectivity index (χ2n) is 6.37. The third kappa shape index (κ3) is 4.75. The van der Waals surface area contributed by atoms with Crippen LogP contribution in [0.2, 0.25) is 0 Å². The van der Waals surface area contributed by atoms with Gasteiger partial charge in [-0.15, -0.1) is 10.2 Å². The lowest BCUT2D eigenvalue weighted by atomic mass is 10.1. The number of nitro benzene ring substituents is 1. The molecular formula is C20H19N3O6. The third-order valence-electron chi connectivity index (χ3n) is 4.19. The van der Waals surface area contributed by atoms with Crippen LogP contribution in [0.5, 0.6) is 5.75 Å². The first kappa shape index (κ1) is 20.0. The summed E-state index contributed by atoms with van der Waals surface area (Å²) < 4.78 is 16.2. The molecular weight excluding hydrogens is 378 g/mol. The zero-order valence-corrected chi connectivity index (χ0v) is 16.1. The molecule has 3 aromatic rings. The van der Waals surface area contributed by atoms with Crippen molar-refractivity contribution in [3.05, 3.63) is 69.6 Å². The molecule has 1 atom stereocenters. The molecule has 0 fully saturated rings. The second kappa shape index (κ2) is 8.51. The van der Waals surface area contributed by atoms with E-state index in [1.807, 2.05) is 19.1 Å². The van der Waals surface area contributed by atoms with Crippen LogP contribution >= 0.6 is 0 Å². The number of aromatic nitrogens is 2. The highest BCUT2D eigenvalue weighted by molar-refractivity contribution is 5.74. The fourth-order valence-corrected chi connectivity index (χ4v) is 2.73. The molecule has 9 nitrogen and oxygen atoms in total. The van der Waals surface area contributed by atoms with E-state index in [0.717, 1.165) is 11.1 Å². The van der Waals surface area contributed by atoms with E-state index in [2.05, 4.69) is 10.2 Å². The highest BCUT2D eigenvalue weighted by Crippen LogP contribution is 2.25. The van der Waals surface area contributed by atoms with Gasteiger partial charge in [0.1, 0.15) is 5.75 Å². The summed E-state index contributed by atoms with van der Waals surface area (Å²) in [6, 6.07) is 11.3. The van der Waals surface area contributed by atoms with E-state index in [4.69, 9.17) is 13.9 Å². The number of nitrogens with zero attached hydrogens (tertiary/aromatic N) is 3.